The predicted molar refractivity (Wildman–Crippen MR) is 90.2 cm³/mol. The molecule has 2 heterocycles. The Labute approximate surface area is 141 Å². The van der Waals surface area contributed by atoms with Gasteiger partial charge in [0.05, 0.1) is 21.1 Å². The van der Waals surface area contributed by atoms with Crippen molar-refractivity contribution in [2.45, 2.75) is 0 Å². The van der Waals surface area contributed by atoms with Crippen molar-refractivity contribution in [2.24, 2.45) is 0 Å². The van der Waals surface area contributed by atoms with E-state index in [0.29, 0.717) is 27.5 Å². The van der Waals surface area contributed by atoms with Crippen molar-refractivity contribution in [3.05, 3.63) is 58.6 Å². The minimum atomic E-state index is 0.416. The van der Waals surface area contributed by atoms with E-state index in [1.54, 1.807) is 24.3 Å². The molecular weight excluding hydrogens is 335 g/mol. The van der Waals surface area contributed by atoms with Crippen LogP contribution >= 0.6 is 23.2 Å². The van der Waals surface area contributed by atoms with Gasteiger partial charge in [0.15, 0.2) is 5.82 Å². The van der Waals surface area contributed by atoms with E-state index in [-0.39, 0.29) is 0 Å². The number of imidazole rings is 1. The molecule has 0 unspecified atom stereocenters. The number of nitrogens with one attached hydrogen (secondary N) is 2. The number of hydrogen-bond acceptors (Lipinski definition) is 3. The van der Waals surface area contributed by atoms with Gasteiger partial charge in [-0.2, -0.15) is 0 Å². The first-order chi connectivity index (χ1) is 11.2. The van der Waals surface area contributed by atoms with Crippen LogP contribution in [-0.2, 0) is 0 Å². The minimum absolute atomic E-state index is 0.416. The zero-order valence-electron chi connectivity index (χ0n) is 11.7. The molecule has 0 amide bonds. The van der Waals surface area contributed by atoms with E-state index in [0.717, 1.165) is 16.7 Å². The lowest BCUT2D eigenvalue weighted by molar-refractivity contribution is 0.461. The largest absolute Gasteiger partial charge is 0.437 e. The molecule has 0 aliphatic rings. The summed E-state index contributed by atoms with van der Waals surface area (Å²) in [6.45, 7) is 0. The molecule has 5 nitrogen and oxygen atoms in total. The maximum atomic E-state index is 5.97. The highest BCUT2D eigenvalue weighted by Gasteiger charge is 2.10. The molecule has 4 rings (SSSR count). The van der Waals surface area contributed by atoms with Gasteiger partial charge in [0, 0.05) is 12.1 Å². The average molecular weight is 345 g/mol. The van der Waals surface area contributed by atoms with E-state index in [2.05, 4.69) is 20.2 Å². The number of nitrogens with zero attached hydrogens (tertiary/aromatic N) is 2. The van der Waals surface area contributed by atoms with E-state index in [9.17, 15) is 0 Å². The fourth-order valence-electron chi connectivity index (χ4n) is 2.22. The summed E-state index contributed by atoms with van der Waals surface area (Å²) < 4.78 is 5.66. The minimum Gasteiger partial charge on any atom is -0.437 e. The number of aromatic nitrogens is 4. The van der Waals surface area contributed by atoms with Crippen LogP contribution in [0.5, 0.6) is 11.6 Å². The molecule has 4 aromatic rings. The number of hydrogen-bond donors (Lipinski definition) is 2. The third-order valence-electron chi connectivity index (χ3n) is 3.31. The second kappa shape index (κ2) is 5.61. The van der Waals surface area contributed by atoms with Crippen LogP contribution in [0.2, 0.25) is 10.0 Å². The Morgan fingerprint density at radius 3 is 2.65 bits per heavy atom. The fourth-order valence-corrected chi connectivity index (χ4v) is 2.51. The van der Waals surface area contributed by atoms with Crippen molar-refractivity contribution in [1.29, 1.82) is 0 Å². The number of halogens is 2. The van der Waals surface area contributed by atoms with Crippen molar-refractivity contribution in [3.8, 4) is 23.1 Å². The average Bonchev–Trinajstić information content (AvgIpc) is 3.17. The topological polar surface area (TPSA) is 66.6 Å². The smallest absolute Gasteiger partial charge is 0.238 e. The second-order valence-corrected chi connectivity index (χ2v) is 5.71. The van der Waals surface area contributed by atoms with Crippen molar-refractivity contribution < 1.29 is 4.74 Å². The van der Waals surface area contributed by atoms with E-state index < -0.39 is 0 Å². The number of ether oxygens (including phenoxy) is 1. The summed E-state index contributed by atoms with van der Waals surface area (Å²) in [5, 5.41) is 7.93. The standard InChI is InChI=1S/C16H10Cl2N4O/c17-10-6-5-9(7-11(10)18)23-15-8-14(21-22-15)16-19-12-3-1-2-4-13(12)20-16/h1-8H,(H,19,20)(H,21,22). The van der Waals surface area contributed by atoms with Gasteiger partial charge in [-0.15, -0.1) is 5.10 Å². The third-order valence-corrected chi connectivity index (χ3v) is 4.05. The van der Waals surface area contributed by atoms with Crippen LogP contribution in [-0.4, -0.2) is 20.2 Å². The molecule has 0 atom stereocenters. The molecule has 0 spiro atoms. The van der Waals surface area contributed by atoms with Crippen LogP contribution in [0.4, 0.5) is 0 Å². The van der Waals surface area contributed by atoms with Crippen LogP contribution in [0, 0.1) is 0 Å². The van der Waals surface area contributed by atoms with Gasteiger partial charge in [0.2, 0.25) is 5.88 Å². The molecule has 0 bridgehead atoms. The summed E-state index contributed by atoms with van der Waals surface area (Å²) in [5.74, 6) is 1.67. The Balaban J connectivity index is 1.62. The van der Waals surface area contributed by atoms with Gasteiger partial charge in [-0.3, -0.25) is 5.10 Å². The quantitative estimate of drug-likeness (QED) is 0.546. The summed E-state index contributed by atoms with van der Waals surface area (Å²) in [5.41, 5.74) is 2.59. The van der Waals surface area contributed by atoms with Crippen LogP contribution < -0.4 is 4.74 Å². The third kappa shape index (κ3) is 2.76. The SMILES string of the molecule is Clc1ccc(Oc2cc(-c3nc4ccccc4[nH]3)[nH]n2)cc1Cl. The lowest BCUT2D eigenvalue weighted by Crippen LogP contribution is -1.84. The second-order valence-electron chi connectivity index (χ2n) is 4.90. The molecule has 0 fully saturated rings. The lowest BCUT2D eigenvalue weighted by Gasteiger charge is -2.02. The van der Waals surface area contributed by atoms with Gasteiger partial charge < -0.3 is 9.72 Å². The van der Waals surface area contributed by atoms with Gasteiger partial charge in [-0.05, 0) is 24.3 Å². The molecule has 2 aromatic heterocycles. The first kappa shape index (κ1) is 14.1. The molecule has 0 saturated carbocycles. The van der Waals surface area contributed by atoms with Gasteiger partial charge in [0.25, 0.3) is 0 Å². The van der Waals surface area contributed by atoms with E-state index >= 15 is 0 Å². The van der Waals surface area contributed by atoms with Gasteiger partial charge in [0.1, 0.15) is 11.4 Å². The number of rotatable bonds is 3. The summed E-state index contributed by atoms with van der Waals surface area (Å²) in [6, 6.07) is 14.6. The van der Waals surface area contributed by atoms with E-state index in [4.69, 9.17) is 27.9 Å². The maximum absolute atomic E-state index is 5.97. The highest BCUT2D eigenvalue weighted by atomic mass is 35.5. The molecule has 0 aliphatic heterocycles. The van der Waals surface area contributed by atoms with Crippen molar-refractivity contribution in [2.75, 3.05) is 0 Å². The zero-order valence-corrected chi connectivity index (χ0v) is 13.2. The Bertz CT molecular complexity index is 960. The molecule has 0 aliphatic carbocycles. The molecular formula is C16H10Cl2N4O. The van der Waals surface area contributed by atoms with Crippen LogP contribution in [0.3, 0.4) is 0 Å². The van der Waals surface area contributed by atoms with Crippen LogP contribution in [0.1, 0.15) is 0 Å². The number of H-pyrrole nitrogens is 2. The zero-order chi connectivity index (χ0) is 15.8. The van der Waals surface area contributed by atoms with Crippen LogP contribution in [0.25, 0.3) is 22.6 Å². The number of aromatic amines is 2. The number of para-hydroxylation sites is 2. The first-order valence-electron chi connectivity index (χ1n) is 6.82. The molecule has 2 aromatic carbocycles. The molecule has 0 radical (unpaired) electrons. The molecule has 0 saturated heterocycles. The lowest BCUT2D eigenvalue weighted by atomic mass is 10.3. The van der Waals surface area contributed by atoms with Gasteiger partial charge in [-0.1, -0.05) is 35.3 Å². The predicted octanol–water partition coefficient (Wildman–Crippen LogP) is 5.05. The van der Waals surface area contributed by atoms with Crippen molar-refractivity contribution in [3.63, 3.8) is 0 Å². The summed E-state index contributed by atoms with van der Waals surface area (Å²) >= 11 is 11.9. The molecule has 7 heteroatoms. The summed E-state index contributed by atoms with van der Waals surface area (Å²) in [4.78, 5) is 7.74. The monoisotopic (exact) mass is 344 g/mol. The van der Waals surface area contributed by atoms with E-state index in [1.165, 1.54) is 0 Å². The normalized spacial score (nSPS) is 11.0. The Kier molecular flexibility index (Phi) is 3.44. The van der Waals surface area contributed by atoms with E-state index in [1.807, 2.05) is 24.3 Å². The Morgan fingerprint density at radius 2 is 1.83 bits per heavy atom. The fraction of sp³-hybridized carbons (Fsp3) is 0. The maximum Gasteiger partial charge on any atom is 0.238 e. The van der Waals surface area contributed by atoms with Gasteiger partial charge in [-0.25, -0.2) is 4.98 Å². The van der Waals surface area contributed by atoms with Crippen molar-refractivity contribution in [1.82, 2.24) is 20.2 Å². The van der Waals surface area contributed by atoms with Crippen LogP contribution in [0.15, 0.2) is 48.5 Å². The van der Waals surface area contributed by atoms with Crippen molar-refractivity contribution >= 4 is 34.2 Å². The molecule has 23 heavy (non-hydrogen) atoms. The number of fused-ring (bicyclic) bond motifs is 1. The number of benzene rings is 2. The summed E-state index contributed by atoms with van der Waals surface area (Å²) in [7, 11) is 0. The highest BCUT2D eigenvalue weighted by molar-refractivity contribution is 6.42. The molecule has 2 N–H and O–H groups in total. The highest BCUT2D eigenvalue weighted by Crippen LogP contribution is 2.30. The molecule has 114 valence electrons. The Hall–Kier alpha value is -2.50. The Morgan fingerprint density at radius 1 is 0.957 bits per heavy atom. The summed E-state index contributed by atoms with van der Waals surface area (Å²) in [6.07, 6.45) is 0. The first-order valence-corrected chi connectivity index (χ1v) is 7.58. The van der Waals surface area contributed by atoms with Gasteiger partial charge >= 0.3 is 0 Å².